The second kappa shape index (κ2) is 7.29. The van der Waals surface area contributed by atoms with Crippen molar-refractivity contribution >= 4 is 5.97 Å². The Morgan fingerprint density at radius 2 is 1.39 bits per heavy atom. The number of aliphatic hydroxyl groups is 1. The summed E-state index contributed by atoms with van der Waals surface area (Å²) in [6.45, 7) is 1.87. The number of esters is 1. The molecule has 3 aliphatic heterocycles. The smallest absolute Gasteiger partial charge is 0.416 e. The number of piperidine rings is 1. The number of hydrogen-bond acceptors (Lipinski definition) is 4. The quantitative estimate of drug-likeness (QED) is 0.429. The van der Waals surface area contributed by atoms with E-state index in [1.54, 1.807) is 24.3 Å². The van der Waals surface area contributed by atoms with Gasteiger partial charge in [0.1, 0.15) is 30.4 Å². The molecule has 5 nitrogen and oxygen atoms in total. The van der Waals surface area contributed by atoms with Crippen LogP contribution in [0.25, 0.3) is 0 Å². The molecule has 0 radical (unpaired) electrons. The van der Waals surface area contributed by atoms with E-state index >= 15 is 0 Å². The zero-order chi connectivity index (χ0) is 23.8. The number of nitrogens with zero attached hydrogens (tertiary/aromatic N) is 1. The average molecular weight is 462 g/mol. The minimum atomic E-state index is -4.52. The van der Waals surface area contributed by atoms with Crippen LogP contribution in [0.5, 0.6) is 0 Å². The van der Waals surface area contributed by atoms with Gasteiger partial charge in [0.2, 0.25) is 5.60 Å². The van der Waals surface area contributed by atoms with E-state index < -0.39 is 23.3 Å². The first-order valence-electron chi connectivity index (χ1n) is 11.1. The Labute approximate surface area is 190 Å². The number of halogens is 3. The normalized spacial score (nSPS) is 31.4. The maximum absolute atomic E-state index is 13.5. The first-order chi connectivity index (χ1) is 15.4. The number of aryl methyl sites for hydroxylation is 1. The Balaban J connectivity index is 1.45. The fraction of sp³-hybridized carbons (Fsp3) is 0.480. The first kappa shape index (κ1) is 22.4. The number of hydrogen-bond donors (Lipinski definition) is 1. The molecule has 0 saturated carbocycles. The number of carbonyl (C=O) groups excluding carboxylic acids is 1. The predicted molar refractivity (Wildman–Crippen MR) is 113 cm³/mol. The summed E-state index contributed by atoms with van der Waals surface area (Å²) in [5.41, 5.74) is -1.87. The Morgan fingerprint density at radius 1 is 0.939 bits per heavy atom. The first-order valence-corrected chi connectivity index (χ1v) is 11.1. The molecule has 6 atom stereocenters. The molecule has 0 aromatic heterocycles. The summed E-state index contributed by atoms with van der Waals surface area (Å²) in [5, 5.41) is 11.7. The van der Waals surface area contributed by atoms with Gasteiger partial charge < -0.3 is 19.1 Å². The van der Waals surface area contributed by atoms with Crippen molar-refractivity contribution in [3.63, 3.8) is 0 Å². The van der Waals surface area contributed by atoms with Crippen LogP contribution >= 0.6 is 0 Å². The van der Waals surface area contributed by atoms with E-state index in [1.165, 1.54) is 0 Å². The van der Waals surface area contributed by atoms with Crippen molar-refractivity contribution in [3.8, 4) is 0 Å². The van der Waals surface area contributed by atoms with Crippen molar-refractivity contribution in [1.29, 1.82) is 0 Å². The van der Waals surface area contributed by atoms with Crippen molar-refractivity contribution in [2.45, 2.75) is 61.9 Å². The zero-order valence-corrected chi connectivity index (χ0v) is 18.7. The summed E-state index contributed by atoms with van der Waals surface area (Å²) in [7, 11) is 4.32. The van der Waals surface area contributed by atoms with E-state index in [2.05, 4.69) is 14.1 Å². The molecule has 3 fully saturated rings. The van der Waals surface area contributed by atoms with Gasteiger partial charge in [0, 0.05) is 12.8 Å². The van der Waals surface area contributed by atoms with Gasteiger partial charge in [-0.15, -0.1) is 0 Å². The van der Waals surface area contributed by atoms with Gasteiger partial charge in [-0.05, 0) is 30.2 Å². The molecule has 3 saturated heterocycles. The minimum absolute atomic E-state index is 0.0328. The van der Waals surface area contributed by atoms with Gasteiger partial charge in [0.25, 0.3) is 0 Å². The summed E-state index contributed by atoms with van der Waals surface area (Å²) in [5.74, 6) is -0.877. The number of alkyl halides is 3. The summed E-state index contributed by atoms with van der Waals surface area (Å²) >= 11 is 0. The Kier molecular flexibility index (Phi) is 4.94. The lowest BCUT2D eigenvalue weighted by Crippen LogP contribution is -2.60. The van der Waals surface area contributed by atoms with Crippen molar-refractivity contribution in [3.05, 3.63) is 70.8 Å². The van der Waals surface area contributed by atoms with Crippen LogP contribution in [0.2, 0.25) is 0 Å². The van der Waals surface area contributed by atoms with Crippen LogP contribution in [0.4, 0.5) is 13.2 Å². The number of carbonyl (C=O) groups is 1. The number of morpholine rings is 1. The highest BCUT2D eigenvalue weighted by Crippen LogP contribution is 2.52. The van der Waals surface area contributed by atoms with Crippen LogP contribution in [0.15, 0.2) is 48.5 Å². The largest absolute Gasteiger partial charge is 0.459 e. The second-order valence-corrected chi connectivity index (χ2v) is 9.98. The van der Waals surface area contributed by atoms with E-state index in [-0.39, 0.29) is 41.5 Å². The number of quaternary nitrogens is 1. The van der Waals surface area contributed by atoms with Crippen LogP contribution in [-0.2, 0) is 26.0 Å². The third-order valence-corrected chi connectivity index (χ3v) is 7.71. The lowest BCUT2D eigenvalue weighted by Gasteiger charge is -2.45. The average Bonchev–Trinajstić information content (AvgIpc) is 3.51. The molecule has 8 heteroatoms. The second-order valence-electron chi connectivity index (χ2n) is 9.98. The third kappa shape index (κ3) is 3.55. The molecule has 0 spiro atoms. The van der Waals surface area contributed by atoms with E-state index in [0.717, 1.165) is 34.3 Å². The monoisotopic (exact) mass is 462 g/mol. The Morgan fingerprint density at radius 3 is 1.88 bits per heavy atom. The Bertz CT molecular complexity index is 1050. The van der Waals surface area contributed by atoms with E-state index in [0.29, 0.717) is 12.8 Å². The number of likely N-dealkylation sites (N-methyl/N-ethyl adjacent to an activating group) is 1. The summed E-state index contributed by atoms with van der Waals surface area (Å²) in [6, 6.07) is 11.1. The van der Waals surface area contributed by atoms with Crippen LogP contribution in [-0.4, -0.2) is 60.0 Å². The van der Waals surface area contributed by atoms with E-state index in [4.69, 9.17) is 9.47 Å². The molecule has 176 valence electrons. The third-order valence-electron chi connectivity index (χ3n) is 7.71. The van der Waals surface area contributed by atoms with Crippen LogP contribution in [0.3, 0.4) is 0 Å². The lowest BCUT2D eigenvalue weighted by molar-refractivity contribution is -0.938. The summed E-state index contributed by atoms with van der Waals surface area (Å²) in [4.78, 5) is 13.5. The molecule has 2 aromatic rings. The molecule has 2 bridgehead atoms. The van der Waals surface area contributed by atoms with Gasteiger partial charge in [-0.3, -0.25) is 0 Å². The highest BCUT2D eigenvalue weighted by atomic mass is 19.4. The number of benzene rings is 2. The molecule has 5 rings (SSSR count). The topological polar surface area (TPSA) is 59.1 Å². The van der Waals surface area contributed by atoms with Crippen LogP contribution in [0, 0.1) is 6.92 Å². The highest BCUT2D eigenvalue weighted by molar-refractivity contribution is 5.85. The van der Waals surface area contributed by atoms with Crippen molar-refractivity contribution in [1.82, 2.24) is 0 Å². The van der Waals surface area contributed by atoms with Gasteiger partial charge >= 0.3 is 12.1 Å². The van der Waals surface area contributed by atoms with Crippen molar-refractivity contribution in [2.75, 3.05) is 14.1 Å². The molecule has 33 heavy (non-hydrogen) atoms. The molecule has 1 N–H and O–H groups in total. The molecule has 3 aliphatic rings. The SMILES string of the molecule is Cc1ccc(C(O)(C(=O)OC2CC3C4O[C@@H]4[C@H](C2)[N+]3(C)C)c2ccc(C(F)(F)F)cc2)cc1. The molecule has 0 amide bonds. The Hall–Kier alpha value is -2.42. The minimum Gasteiger partial charge on any atom is -0.459 e. The number of epoxide rings is 1. The number of fused-ring (bicyclic) bond motifs is 5. The molecule has 3 heterocycles. The molecule has 2 aromatic carbocycles. The van der Waals surface area contributed by atoms with Crippen molar-refractivity contribution in [2.24, 2.45) is 0 Å². The van der Waals surface area contributed by atoms with Crippen molar-refractivity contribution < 1.29 is 37.0 Å². The van der Waals surface area contributed by atoms with Gasteiger partial charge in [-0.25, -0.2) is 4.79 Å². The van der Waals surface area contributed by atoms with Gasteiger partial charge in [-0.1, -0.05) is 42.0 Å². The van der Waals surface area contributed by atoms with Crippen LogP contribution < -0.4 is 0 Å². The summed E-state index contributed by atoms with van der Waals surface area (Å²) in [6.07, 6.45) is -3.31. The standard InChI is InChI=1S/C25H27F3NO4/c1-14-4-6-15(7-5-14)24(31,16-8-10-17(11-9-16)25(26,27)28)23(30)32-18-12-19-21-22(33-21)20(13-18)29(19,2)3/h4-11,18-22,31H,12-13H2,1-3H3/q+1/t18?,19-,20?,21+,22?,24?/m0/s1. The van der Waals surface area contributed by atoms with Gasteiger partial charge in [0.15, 0.2) is 0 Å². The maximum Gasteiger partial charge on any atom is 0.416 e. The molecular weight excluding hydrogens is 435 g/mol. The fourth-order valence-corrected chi connectivity index (χ4v) is 5.64. The van der Waals surface area contributed by atoms with Gasteiger partial charge in [0.05, 0.1) is 19.7 Å². The highest BCUT2D eigenvalue weighted by Gasteiger charge is 2.71. The zero-order valence-electron chi connectivity index (χ0n) is 18.7. The molecule has 4 unspecified atom stereocenters. The predicted octanol–water partition coefficient (Wildman–Crippen LogP) is 3.55. The van der Waals surface area contributed by atoms with Gasteiger partial charge in [-0.2, -0.15) is 13.2 Å². The molecule has 0 aliphatic carbocycles. The fourth-order valence-electron chi connectivity index (χ4n) is 5.64. The number of rotatable bonds is 4. The van der Waals surface area contributed by atoms with E-state index in [1.807, 2.05) is 6.92 Å². The number of ether oxygens (including phenoxy) is 2. The maximum atomic E-state index is 13.5. The molecular formula is C25H27F3NO4+. The summed E-state index contributed by atoms with van der Waals surface area (Å²) < 4.78 is 51.6. The van der Waals surface area contributed by atoms with Crippen LogP contribution in [0.1, 0.15) is 35.1 Å². The van der Waals surface area contributed by atoms with E-state index in [9.17, 15) is 23.1 Å². The lowest BCUT2D eigenvalue weighted by atomic mass is 9.85.